The number of fused-ring (bicyclic) bond motifs is 1. The molecule has 0 bridgehead atoms. The molecule has 1 aliphatic carbocycles. The molecule has 0 saturated heterocycles. The predicted molar refractivity (Wildman–Crippen MR) is 74.7 cm³/mol. The van der Waals surface area contributed by atoms with Gasteiger partial charge in [-0.05, 0) is 31.4 Å². The number of rotatable bonds is 5. The normalized spacial score (nSPS) is 14.1. The topological polar surface area (TPSA) is 37.8 Å². The van der Waals surface area contributed by atoms with Gasteiger partial charge in [0, 0.05) is 17.8 Å². The average Bonchev–Trinajstić information content (AvgIpc) is 2.75. The Bertz CT molecular complexity index is 390. The molecule has 3 nitrogen and oxygen atoms in total. The average molecular weight is 251 g/mol. The van der Waals surface area contributed by atoms with Crippen LogP contribution >= 0.6 is 11.8 Å². The summed E-state index contributed by atoms with van der Waals surface area (Å²) in [5.41, 5.74) is 2.63. The van der Waals surface area contributed by atoms with Gasteiger partial charge < -0.3 is 5.32 Å². The molecule has 2 rings (SSSR count). The summed E-state index contributed by atoms with van der Waals surface area (Å²) in [5.74, 6) is 2.98. The second-order valence-corrected chi connectivity index (χ2v) is 6.22. The van der Waals surface area contributed by atoms with Gasteiger partial charge in [-0.1, -0.05) is 13.8 Å². The number of anilines is 1. The zero-order valence-corrected chi connectivity index (χ0v) is 11.7. The summed E-state index contributed by atoms with van der Waals surface area (Å²) in [6, 6.07) is 0. The molecule has 0 aromatic carbocycles. The number of nitrogens with one attached hydrogen (secondary N) is 1. The predicted octanol–water partition coefficient (Wildman–Crippen LogP) is 3.04. The molecule has 0 fully saturated rings. The van der Waals surface area contributed by atoms with Gasteiger partial charge >= 0.3 is 0 Å². The van der Waals surface area contributed by atoms with Crippen molar-refractivity contribution in [2.24, 2.45) is 0 Å². The summed E-state index contributed by atoms with van der Waals surface area (Å²) < 4.78 is 0. The first-order valence-electron chi connectivity index (χ1n) is 6.44. The van der Waals surface area contributed by atoms with Crippen molar-refractivity contribution in [3.63, 3.8) is 0 Å². The van der Waals surface area contributed by atoms with E-state index in [-0.39, 0.29) is 0 Å². The highest BCUT2D eigenvalue weighted by Gasteiger charge is 2.18. The van der Waals surface area contributed by atoms with Crippen molar-refractivity contribution < 1.29 is 0 Å². The standard InChI is InChI=1S/C13H21N3S/c1-4-14-13-10-6-5-7-11(10)15-12(16-13)8-17-9(2)3/h9H,4-8H2,1-3H3,(H,14,15,16). The van der Waals surface area contributed by atoms with Crippen LogP contribution in [0, 0.1) is 0 Å². The van der Waals surface area contributed by atoms with Crippen molar-refractivity contribution in [1.82, 2.24) is 9.97 Å². The smallest absolute Gasteiger partial charge is 0.140 e. The molecule has 1 N–H and O–H groups in total. The fourth-order valence-corrected chi connectivity index (χ4v) is 2.71. The van der Waals surface area contributed by atoms with E-state index in [9.17, 15) is 0 Å². The van der Waals surface area contributed by atoms with E-state index >= 15 is 0 Å². The van der Waals surface area contributed by atoms with Crippen LogP contribution < -0.4 is 5.32 Å². The Morgan fingerprint density at radius 1 is 1.29 bits per heavy atom. The van der Waals surface area contributed by atoms with Gasteiger partial charge in [0.05, 0.1) is 5.75 Å². The first kappa shape index (κ1) is 12.7. The number of aryl methyl sites for hydroxylation is 1. The van der Waals surface area contributed by atoms with Crippen LogP contribution in [-0.4, -0.2) is 21.8 Å². The molecule has 1 aliphatic rings. The fourth-order valence-electron chi connectivity index (χ4n) is 2.10. The van der Waals surface area contributed by atoms with Gasteiger partial charge in [0.2, 0.25) is 0 Å². The summed E-state index contributed by atoms with van der Waals surface area (Å²) in [6.07, 6.45) is 3.48. The highest BCUT2D eigenvalue weighted by molar-refractivity contribution is 7.99. The molecule has 0 saturated carbocycles. The summed E-state index contributed by atoms with van der Waals surface area (Å²) >= 11 is 1.90. The molecule has 94 valence electrons. The maximum absolute atomic E-state index is 4.70. The summed E-state index contributed by atoms with van der Waals surface area (Å²) in [4.78, 5) is 9.36. The lowest BCUT2D eigenvalue weighted by atomic mass is 10.2. The van der Waals surface area contributed by atoms with Gasteiger partial charge in [0.1, 0.15) is 11.6 Å². The molecule has 0 amide bonds. The van der Waals surface area contributed by atoms with E-state index in [0.29, 0.717) is 5.25 Å². The van der Waals surface area contributed by atoms with E-state index < -0.39 is 0 Å². The molecule has 0 spiro atoms. The third-order valence-corrected chi connectivity index (χ3v) is 3.96. The third-order valence-electron chi connectivity index (χ3n) is 2.87. The van der Waals surface area contributed by atoms with Crippen LogP contribution in [0.15, 0.2) is 0 Å². The number of nitrogens with zero attached hydrogens (tertiary/aromatic N) is 2. The van der Waals surface area contributed by atoms with Gasteiger partial charge in [-0.25, -0.2) is 9.97 Å². The lowest BCUT2D eigenvalue weighted by Gasteiger charge is -2.11. The van der Waals surface area contributed by atoms with Crippen molar-refractivity contribution in [2.45, 2.75) is 51.0 Å². The molecular formula is C13H21N3S. The number of hydrogen-bond acceptors (Lipinski definition) is 4. The van der Waals surface area contributed by atoms with E-state index in [4.69, 9.17) is 4.98 Å². The van der Waals surface area contributed by atoms with Crippen LogP contribution in [0.2, 0.25) is 0 Å². The Balaban J connectivity index is 2.20. The number of hydrogen-bond donors (Lipinski definition) is 1. The Hall–Kier alpha value is -0.770. The van der Waals surface area contributed by atoms with Crippen LogP contribution in [0.4, 0.5) is 5.82 Å². The van der Waals surface area contributed by atoms with Crippen LogP contribution in [0.5, 0.6) is 0 Å². The van der Waals surface area contributed by atoms with Gasteiger partial charge in [-0.15, -0.1) is 0 Å². The molecule has 1 heterocycles. The van der Waals surface area contributed by atoms with Crippen molar-refractivity contribution in [3.8, 4) is 0 Å². The molecule has 0 atom stereocenters. The SMILES string of the molecule is CCNc1nc(CSC(C)C)nc2c1CCC2. The Morgan fingerprint density at radius 2 is 2.12 bits per heavy atom. The Morgan fingerprint density at radius 3 is 2.82 bits per heavy atom. The third kappa shape index (κ3) is 3.12. The highest BCUT2D eigenvalue weighted by atomic mass is 32.2. The zero-order chi connectivity index (χ0) is 12.3. The minimum atomic E-state index is 0.634. The lowest BCUT2D eigenvalue weighted by molar-refractivity contribution is 0.893. The first-order chi connectivity index (χ1) is 8.20. The Labute approximate surface area is 108 Å². The lowest BCUT2D eigenvalue weighted by Crippen LogP contribution is -2.08. The van der Waals surface area contributed by atoms with E-state index in [1.807, 2.05) is 11.8 Å². The number of thioether (sulfide) groups is 1. The molecule has 0 aliphatic heterocycles. The Kier molecular flexibility index (Phi) is 4.26. The molecule has 0 unspecified atom stereocenters. The zero-order valence-electron chi connectivity index (χ0n) is 10.9. The molecular weight excluding hydrogens is 230 g/mol. The molecule has 1 aromatic rings. The van der Waals surface area contributed by atoms with E-state index in [1.165, 1.54) is 17.7 Å². The van der Waals surface area contributed by atoms with Gasteiger partial charge in [0.25, 0.3) is 0 Å². The van der Waals surface area contributed by atoms with Crippen molar-refractivity contribution in [2.75, 3.05) is 11.9 Å². The molecule has 17 heavy (non-hydrogen) atoms. The largest absolute Gasteiger partial charge is 0.370 e. The van der Waals surface area contributed by atoms with Gasteiger partial charge in [-0.2, -0.15) is 11.8 Å². The molecule has 4 heteroatoms. The summed E-state index contributed by atoms with van der Waals surface area (Å²) in [6.45, 7) is 7.47. The molecule has 0 radical (unpaired) electrons. The van der Waals surface area contributed by atoms with Crippen molar-refractivity contribution in [3.05, 3.63) is 17.1 Å². The van der Waals surface area contributed by atoms with E-state index in [2.05, 4.69) is 31.1 Å². The van der Waals surface area contributed by atoms with Crippen LogP contribution in [0.25, 0.3) is 0 Å². The fraction of sp³-hybridized carbons (Fsp3) is 0.692. The second-order valence-electron chi connectivity index (χ2n) is 4.66. The minimum absolute atomic E-state index is 0.634. The van der Waals surface area contributed by atoms with E-state index in [0.717, 1.165) is 36.8 Å². The van der Waals surface area contributed by atoms with Crippen LogP contribution in [0.1, 0.15) is 44.3 Å². The maximum Gasteiger partial charge on any atom is 0.140 e. The quantitative estimate of drug-likeness (QED) is 0.873. The van der Waals surface area contributed by atoms with E-state index in [1.54, 1.807) is 0 Å². The second kappa shape index (κ2) is 5.71. The summed E-state index contributed by atoms with van der Waals surface area (Å²) in [7, 11) is 0. The van der Waals surface area contributed by atoms with Crippen molar-refractivity contribution in [1.29, 1.82) is 0 Å². The maximum atomic E-state index is 4.70. The highest BCUT2D eigenvalue weighted by Crippen LogP contribution is 2.27. The monoisotopic (exact) mass is 251 g/mol. The summed E-state index contributed by atoms with van der Waals surface area (Å²) in [5, 5.41) is 4.01. The first-order valence-corrected chi connectivity index (χ1v) is 7.49. The minimum Gasteiger partial charge on any atom is -0.370 e. The molecule has 1 aromatic heterocycles. The van der Waals surface area contributed by atoms with Crippen LogP contribution in [-0.2, 0) is 18.6 Å². The van der Waals surface area contributed by atoms with Crippen LogP contribution in [0.3, 0.4) is 0 Å². The van der Waals surface area contributed by atoms with Gasteiger partial charge in [0.15, 0.2) is 0 Å². The number of aromatic nitrogens is 2. The van der Waals surface area contributed by atoms with Crippen molar-refractivity contribution >= 4 is 17.6 Å². The van der Waals surface area contributed by atoms with Gasteiger partial charge in [-0.3, -0.25) is 0 Å².